The van der Waals surface area contributed by atoms with E-state index in [1.54, 1.807) is 0 Å². The summed E-state index contributed by atoms with van der Waals surface area (Å²) in [4.78, 5) is 2.41. The van der Waals surface area contributed by atoms with Gasteiger partial charge in [-0.2, -0.15) is 0 Å². The third-order valence-electron chi connectivity index (χ3n) is 3.29. The molecule has 0 aliphatic carbocycles. The Kier molecular flexibility index (Phi) is 4.35. The Bertz CT molecular complexity index is 173. The molecule has 1 aliphatic heterocycles. The highest BCUT2D eigenvalue weighted by atomic mass is 16.3. The van der Waals surface area contributed by atoms with E-state index in [0.717, 1.165) is 6.54 Å². The van der Waals surface area contributed by atoms with Gasteiger partial charge < -0.3 is 15.3 Å². The van der Waals surface area contributed by atoms with E-state index in [2.05, 4.69) is 31.1 Å². The highest BCUT2D eigenvalue weighted by Crippen LogP contribution is 2.20. The summed E-state index contributed by atoms with van der Waals surface area (Å²) in [5.41, 5.74) is 0. The molecule has 0 radical (unpaired) electrons. The number of nitrogens with zero attached hydrogens (tertiary/aromatic N) is 1. The molecule has 1 heterocycles. The van der Waals surface area contributed by atoms with Crippen LogP contribution in [0.25, 0.3) is 0 Å². The van der Waals surface area contributed by atoms with Crippen LogP contribution < -0.4 is 5.32 Å². The van der Waals surface area contributed by atoms with Gasteiger partial charge in [0.05, 0.1) is 6.10 Å². The third kappa shape index (κ3) is 3.23. The summed E-state index contributed by atoms with van der Waals surface area (Å²) in [5, 5.41) is 12.7. The van der Waals surface area contributed by atoms with Crippen LogP contribution in [0.3, 0.4) is 0 Å². The Hall–Kier alpha value is -0.120. The maximum absolute atomic E-state index is 9.21. The van der Waals surface area contributed by atoms with Gasteiger partial charge in [0.15, 0.2) is 0 Å². The lowest BCUT2D eigenvalue weighted by atomic mass is 9.90. The van der Waals surface area contributed by atoms with Crippen LogP contribution in [-0.4, -0.2) is 48.3 Å². The van der Waals surface area contributed by atoms with Crippen LogP contribution >= 0.6 is 0 Å². The van der Waals surface area contributed by atoms with Crippen LogP contribution in [-0.2, 0) is 0 Å². The van der Waals surface area contributed by atoms with Crippen molar-refractivity contribution in [1.82, 2.24) is 10.2 Å². The average Bonchev–Trinajstić information content (AvgIpc) is 2.09. The topological polar surface area (TPSA) is 35.5 Å². The van der Waals surface area contributed by atoms with Crippen molar-refractivity contribution in [2.24, 2.45) is 5.92 Å². The van der Waals surface area contributed by atoms with E-state index < -0.39 is 0 Å². The van der Waals surface area contributed by atoms with Crippen LogP contribution in [0.5, 0.6) is 0 Å². The van der Waals surface area contributed by atoms with Gasteiger partial charge in [-0.05, 0) is 33.2 Å². The van der Waals surface area contributed by atoms with Crippen molar-refractivity contribution < 1.29 is 5.11 Å². The number of aliphatic hydroxyl groups excluding tert-OH is 1. The second-order valence-electron chi connectivity index (χ2n) is 4.87. The van der Waals surface area contributed by atoms with Crippen molar-refractivity contribution in [3.05, 3.63) is 0 Å². The first-order valence-electron chi connectivity index (χ1n) is 5.62. The summed E-state index contributed by atoms with van der Waals surface area (Å²) >= 11 is 0. The van der Waals surface area contributed by atoms with Crippen LogP contribution in [0.1, 0.15) is 27.2 Å². The van der Waals surface area contributed by atoms with Crippen LogP contribution in [0.15, 0.2) is 0 Å². The number of nitrogens with one attached hydrogen (secondary N) is 1. The fourth-order valence-electron chi connectivity index (χ4n) is 2.15. The molecule has 0 bridgehead atoms. The molecule has 0 aromatic carbocycles. The van der Waals surface area contributed by atoms with E-state index >= 15 is 0 Å². The SMILES string of the molecule is CC1CN(C)C(C)CC1NC[C@@H](C)O. The molecule has 1 aliphatic rings. The monoisotopic (exact) mass is 200 g/mol. The van der Waals surface area contributed by atoms with Gasteiger partial charge in [0.1, 0.15) is 0 Å². The standard InChI is InChI=1S/C11H24N2O/c1-8-7-13(4)9(2)5-11(8)12-6-10(3)14/h8-12,14H,5-7H2,1-4H3/t8?,9?,10-,11?/m1/s1. The number of aliphatic hydroxyl groups is 1. The molecule has 14 heavy (non-hydrogen) atoms. The number of piperidine rings is 1. The van der Waals surface area contributed by atoms with Gasteiger partial charge in [-0.15, -0.1) is 0 Å². The maximum Gasteiger partial charge on any atom is 0.0636 e. The number of hydrogen-bond acceptors (Lipinski definition) is 3. The minimum absolute atomic E-state index is 0.239. The lowest BCUT2D eigenvalue weighted by molar-refractivity contribution is 0.109. The Morgan fingerprint density at radius 3 is 2.71 bits per heavy atom. The van der Waals surface area contributed by atoms with Crippen molar-refractivity contribution in [3.63, 3.8) is 0 Å². The van der Waals surface area contributed by atoms with Crippen molar-refractivity contribution in [1.29, 1.82) is 0 Å². The van der Waals surface area contributed by atoms with Crippen molar-refractivity contribution in [2.45, 2.75) is 45.4 Å². The van der Waals surface area contributed by atoms with E-state index in [9.17, 15) is 5.11 Å². The lowest BCUT2D eigenvalue weighted by Gasteiger charge is -2.40. The van der Waals surface area contributed by atoms with Crippen LogP contribution in [0.2, 0.25) is 0 Å². The van der Waals surface area contributed by atoms with Gasteiger partial charge in [-0.1, -0.05) is 6.92 Å². The van der Waals surface area contributed by atoms with Crippen molar-refractivity contribution >= 4 is 0 Å². The van der Waals surface area contributed by atoms with E-state index in [-0.39, 0.29) is 6.10 Å². The Labute approximate surface area is 87.5 Å². The first kappa shape index (κ1) is 12.0. The number of likely N-dealkylation sites (tertiary alicyclic amines) is 1. The second kappa shape index (κ2) is 5.10. The smallest absolute Gasteiger partial charge is 0.0636 e. The second-order valence-corrected chi connectivity index (χ2v) is 4.87. The molecule has 0 saturated carbocycles. The van der Waals surface area contributed by atoms with Crippen LogP contribution in [0, 0.1) is 5.92 Å². The zero-order chi connectivity index (χ0) is 10.7. The molecule has 84 valence electrons. The molecule has 3 unspecified atom stereocenters. The van der Waals surface area contributed by atoms with Crippen molar-refractivity contribution in [2.75, 3.05) is 20.1 Å². The molecule has 3 nitrogen and oxygen atoms in total. The largest absolute Gasteiger partial charge is 0.392 e. The van der Waals surface area contributed by atoms with E-state index in [1.807, 2.05) is 6.92 Å². The fourth-order valence-corrected chi connectivity index (χ4v) is 2.15. The fraction of sp³-hybridized carbons (Fsp3) is 1.00. The zero-order valence-electron chi connectivity index (χ0n) is 9.83. The summed E-state index contributed by atoms with van der Waals surface area (Å²) in [5.74, 6) is 0.676. The summed E-state index contributed by atoms with van der Waals surface area (Å²) in [6.45, 7) is 8.24. The first-order valence-corrected chi connectivity index (χ1v) is 5.62. The summed E-state index contributed by atoms with van der Waals surface area (Å²) in [6.07, 6.45) is 0.946. The van der Waals surface area contributed by atoms with Crippen molar-refractivity contribution in [3.8, 4) is 0 Å². The molecule has 4 atom stereocenters. The molecule has 0 aromatic heterocycles. The average molecular weight is 200 g/mol. The highest BCUT2D eigenvalue weighted by molar-refractivity contribution is 4.86. The highest BCUT2D eigenvalue weighted by Gasteiger charge is 2.28. The van der Waals surface area contributed by atoms with E-state index in [0.29, 0.717) is 24.5 Å². The van der Waals surface area contributed by atoms with Gasteiger partial charge in [-0.25, -0.2) is 0 Å². The molecule has 1 fully saturated rings. The molecule has 3 heteroatoms. The first-order chi connectivity index (χ1) is 6.50. The van der Waals surface area contributed by atoms with Crippen LogP contribution in [0.4, 0.5) is 0 Å². The molecule has 0 aromatic rings. The summed E-state index contributed by atoms with van der Waals surface area (Å²) in [6, 6.07) is 1.22. The number of hydrogen-bond donors (Lipinski definition) is 2. The van der Waals surface area contributed by atoms with Gasteiger partial charge in [0.2, 0.25) is 0 Å². The molecular weight excluding hydrogens is 176 g/mol. The zero-order valence-corrected chi connectivity index (χ0v) is 9.83. The van der Waals surface area contributed by atoms with Gasteiger partial charge >= 0.3 is 0 Å². The predicted octanol–water partition coefficient (Wildman–Crippen LogP) is 0.685. The minimum atomic E-state index is -0.239. The summed E-state index contributed by atoms with van der Waals surface area (Å²) in [7, 11) is 2.19. The molecule has 1 saturated heterocycles. The lowest BCUT2D eigenvalue weighted by Crippen LogP contribution is -2.51. The van der Waals surface area contributed by atoms with Gasteiger partial charge in [0, 0.05) is 25.2 Å². The third-order valence-corrected chi connectivity index (χ3v) is 3.29. The Morgan fingerprint density at radius 1 is 1.50 bits per heavy atom. The molecule has 0 spiro atoms. The van der Waals surface area contributed by atoms with E-state index in [1.165, 1.54) is 6.42 Å². The Balaban J connectivity index is 2.37. The quantitative estimate of drug-likeness (QED) is 0.703. The normalized spacial score (nSPS) is 37.1. The Morgan fingerprint density at radius 2 is 2.14 bits per heavy atom. The van der Waals surface area contributed by atoms with Gasteiger partial charge in [-0.3, -0.25) is 0 Å². The minimum Gasteiger partial charge on any atom is -0.392 e. The molecular formula is C11H24N2O. The summed E-state index contributed by atoms with van der Waals surface area (Å²) < 4.78 is 0. The molecule has 1 rings (SSSR count). The maximum atomic E-state index is 9.21. The number of rotatable bonds is 3. The van der Waals surface area contributed by atoms with Gasteiger partial charge in [0.25, 0.3) is 0 Å². The predicted molar refractivity (Wildman–Crippen MR) is 59.3 cm³/mol. The molecule has 0 amide bonds. The van der Waals surface area contributed by atoms with E-state index in [4.69, 9.17) is 0 Å². The molecule has 2 N–H and O–H groups in total.